The zero-order valence-corrected chi connectivity index (χ0v) is 15.3. The number of pyridine rings is 1. The van der Waals surface area contributed by atoms with Gasteiger partial charge in [-0.1, -0.05) is 6.07 Å². The summed E-state index contributed by atoms with van der Waals surface area (Å²) in [4.78, 5) is 21.8. The number of piperidine rings is 1. The third-order valence-electron chi connectivity index (χ3n) is 6.02. The van der Waals surface area contributed by atoms with Crippen LogP contribution in [0.1, 0.15) is 42.6 Å². The van der Waals surface area contributed by atoms with E-state index in [4.69, 9.17) is 0 Å². The molecule has 0 N–H and O–H groups in total. The van der Waals surface area contributed by atoms with Gasteiger partial charge in [-0.15, -0.1) is 10.2 Å². The molecule has 2 aliphatic heterocycles. The molecule has 7 nitrogen and oxygen atoms in total. The van der Waals surface area contributed by atoms with Crippen molar-refractivity contribution >= 4 is 5.91 Å². The molecule has 2 aromatic rings. The molecule has 2 fully saturated rings. The third kappa shape index (κ3) is 3.49. The van der Waals surface area contributed by atoms with Gasteiger partial charge in [0, 0.05) is 13.1 Å². The van der Waals surface area contributed by atoms with E-state index in [1.165, 1.54) is 32.4 Å². The lowest BCUT2D eigenvalue weighted by Gasteiger charge is -2.41. The van der Waals surface area contributed by atoms with Gasteiger partial charge in [0.05, 0.1) is 0 Å². The molecule has 0 aromatic carbocycles. The molecule has 0 radical (unpaired) electrons. The number of carbonyl (C=O) groups excluding carboxylic acids is 1. The fourth-order valence-corrected chi connectivity index (χ4v) is 4.24. The quantitative estimate of drug-likeness (QED) is 0.825. The summed E-state index contributed by atoms with van der Waals surface area (Å²) in [5.74, 6) is 0.696. The van der Waals surface area contributed by atoms with Crippen molar-refractivity contribution < 1.29 is 4.79 Å². The van der Waals surface area contributed by atoms with Gasteiger partial charge in [-0.25, -0.2) is 4.98 Å². The molecule has 0 atom stereocenters. The van der Waals surface area contributed by atoms with Gasteiger partial charge in [0.15, 0.2) is 0 Å². The van der Waals surface area contributed by atoms with E-state index in [1.807, 2.05) is 17.0 Å². The monoisotopic (exact) mass is 354 g/mol. The largest absolute Gasteiger partial charge is 0.337 e. The van der Waals surface area contributed by atoms with Crippen LogP contribution in [0.5, 0.6) is 0 Å². The third-order valence-corrected chi connectivity index (χ3v) is 6.02. The molecule has 0 aliphatic carbocycles. The maximum Gasteiger partial charge on any atom is 0.272 e. The highest BCUT2D eigenvalue weighted by Gasteiger charge is 2.37. The molecule has 0 bridgehead atoms. The van der Waals surface area contributed by atoms with Crippen molar-refractivity contribution in [1.29, 1.82) is 0 Å². The van der Waals surface area contributed by atoms with Crippen LogP contribution in [0, 0.1) is 5.41 Å². The summed E-state index contributed by atoms with van der Waals surface area (Å²) in [7, 11) is 2.21. The van der Waals surface area contributed by atoms with Crippen LogP contribution in [-0.2, 0) is 0 Å². The van der Waals surface area contributed by atoms with E-state index in [0.29, 0.717) is 16.9 Å². The predicted molar refractivity (Wildman–Crippen MR) is 98.1 cm³/mol. The van der Waals surface area contributed by atoms with Gasteiger partial charge in [-0.05, 0) is 69.8 Å². The molecule has 7 heteroatoms. The van der Waals surface area contributed by atoms with E-state index in [1.54, 1.807) is 23.3 Å². The first-order valence-corrected chi connectivity index (χ1v) is 9.45. The second-order valence-electron chi connectivity index (χ2n) is 7.70. The Hall–Kier alpha value is -2.28. The topological polar surface area (TPSA) is 67.2 Å². The first kappa shape index (κ1) is 17.1. The molecule has 2 saturated heterocycles. The Morgan fingerprint density at radius 2 is 1.73 bits per heavy atom. The minimum absolute atomic E-state index is 0.0283. The van der Waals surface area contributed by atoms with Gasteiger partial charge in [0.1, 0.15) is 24.2 Å². The number of nitrogens with zero attached hydrogens (tertiary/aromatic N) is 6. The second kappa shape index (κ2) is 7.15. The minimum atomic E-state index is 0.0283. The molecule has 26 heavy (non-hydrogen) atoms. The zero-order chi connectivity index (χ0) is 18.0. The Bertz CT molecular complexity index is 751. The fraction of sp³-hybridized carbons (Fsp3) is 0.579. The average molecular weight is 354 g/mol. The van der Waals surface area contributed by atoms with Crippen LogP contribution in [0.3, 0.4) is 0 Å². The first-order chi connectivity index (χ1) is 12.7. The van der Waals surface area contributed by atoms with Crippen LogP contribution in [0.4, 0.5) is 0 Å². The average Bonchev–Trinajstić information content (AvgIpc) is 3.16. The highest BCUT2D eigenvalue weighted by molar-refractivity contribution is 5.92. The van der Waals surface area contributed by atoms with Crippen molar-refractivity contribution in [3.8, 4) is 5.82 Å². The molecule has 4 heterocycles. The van der Waals surface area contributed by atoms with E-state index >= 15 is 0 Å². The van der Waals surface area contributed by atoms with Crippen molar-refractivity contribution in [1.82, 2.24) is 29.5 Å². The SMILES string of the molecule is CN1CCCC2(CC1)CCN(C(=O)c1cccc(-n3cnnc3)n1)CC2. The minimum Gasteiger partial charge on any atom is -0.337 e. The molecule has 2 aromatic heterocycles. The van der Waals surface area contributed by atoms with Crippen molar-refractivity contribution in [3.05, 3.63) is 36.5 Å². The molecule has 1 amide bonds. The van der Waals surface area contributed by atoms with Gasteiger partial charge in [-0.2, -0.15) is 0 Å². The Morgan fingerprint density at radius 3 is 2.50 bits per heavy atom. The zero-order valence-electron chi connectivity index (χ0n) is 15.3. The van der Waals surface area contributed by atoms with E-state index in [-0.39, 0.29) is 5.91 Å². The van der Waals surface area contributed by atoms with Gasteiger partial charge in [0.2, 0.25) is 0 Å². The second-order valence-corrected chi connectivity index (χ2v) is 7.70. The van der Waals surface area contributed by atoms with E-state index in [9.17, 15) is 4.79 Å². The van der Waals surface area contributed by atoms with Crippen molar-refractivity contribution in [2.45, 2.75) is 32.1 Å². The summed E-state index contributed by atoms with van der Waals surface area (Å²) in [6.45, 7) is 4.04. The molecular weight excluding hydrogens is 328 g/mol. The van der Waals surface area contributed by atoms with E-state index in [0.717, 1.165) is 25.9 Å². The number of hydrogen-bond donors (Lipinski definition) is 0. The molecule has 1 spiro atoms. The van der Waals surface area contributed by atoms with Crippen LogP contribution in [0.25, 0.3) is 5.82 Å². The Kier molecular flexibility index (Phi) is 4.72. The Labute approximate surface area is 154 Å². The van der Waals surface area contributed by atoms with E-state index < -0.39 is 0 Å². The lowest BCUT2D eigenvalue weighted by atomic mass is 9.73. The number of aromatic nitrogens is 4. The summed E-state index contributed by atoms with van der Waals surface area (Å²) >= 11 is 0. The summed E-state index contributed by atoms with van der Waals surface area (Å²) in [5.41, 5.74) is 0.923. The van der Waals surface area contributed by atoms with Crippen molar-refractivity contribution in [3.63, 3.8) is 0 Å². The fourth-order valence-electron chi connectivity index (χ4n) is 4.24. The van der Waals surface area contributed by atoms with Gasteiger partial charge < -0.3 is 9.80 Å². The molecule has 0 saturated carbocycles. The molecule has 4 rings (SSSR count). The number of rotatable bonds is 2. The lowest BCUT2D eigenvalue weighted by molar-refractivity contribution is 0.0537. The number of hydrogen-bond acceptors (Lipinski definition) is 5. The Balaban J connectivity index is 1.43. The van der Waals surface area contributed by atoms with Crippen LogP contribution in [-0.4, -0.2) is 68.7 Å². The van der Waals surface area contributed by atoms with Crippen LogP contribution in [0.15, 0.2) is 30.9 Å². The van der Waals surface area contributed by atoms with Gasteiger partial charge in [0.25, 0.3) is 5.91 Å². The molecular formula is C19H26N6O. The normalized spacial score (nSPS) is 20.9. The summed E-state index contributed by atoms with van der Waals surface area (Å²) < 4.78 is 1.71. The summed E-state index contributed by atoms with van der Waals surface area (Å²) in [5, 5.41) is 7.60. The predicted octanol–water partition coefficient (Wildman–Crippen LogP) is 2.00. The molecule has 0 unspecified atom stereocenters. The van der Waals surface area contributed by atoms with Crippen molar-refractivity contribution in [2.75, 3.05) is 33.2 Å². The number of carbonyl (C=O) groups is 1. The van der Waals surface area contributed by atoms with Crippen LogP contribution < -0.4 is 0 Å². The number of likely N-dealkylation sites (tertiary alicyclic amines) is 2. The summed E-state index contributed by atoms with van der Waals surface area (Å²) in [6.07, 6.45) is 9.21. The molecule has 138 valence electrons. The van der Waals surface area contributed by atoms with Crippen LogP contribution >= 0.6 is 0 Å². The maximum absolute atomic E-state index is 12.9. The van der Waals surface area contributed by atoms with Crippen LogP contribution in [0.2, 0.25) is 0 Å². The van der Waals surface area contributed by atoms with E-state index in [2.05, 4.69) is 27.1 Å². The van der Waals surface area contributed by atoms with Gasteiger partial charge in [-0.3, -0.25) is 9.36 Å². The maximum atomic E-state index is 12.9. The lowest BCUT2D eigenvalue weighted by Crippen LogP contribution is -2.43. The Morgan fingerprint density at radius 1 is 1.00 bits per heavy atom. The number of amides is 1. The standard InChI is InChI=1S/C19H26N6O/c1-23-10-3-6-19(7-11-23)8-12-24(13-9-19)18(26)16-4-2-5-17(22-16)25-14-20-21-15-25/h2,4-5,14-15H,3,6-13H2,1H3. The first-order valence-electron chi connectivity index (χ1n) is 9.45. The smallest absolute Gasteiger partial charge is 0.272 e. The highest BCUT2D eigenvalue weighted by Crippen LogP contribution is 2.41. The van der Waals surface area contributed by atoms with Crippen molar-refractivity contribution in [2.24, 2.45) is 5.41 Å². The van der Waals surface area contributed by atoms with Gasteiger partial charge >= 0.3 is 0 Å². The highest BCUT2D eigenvalue weighted by atomic mass is 16.2. The summed E-state index contributed by atoms with van der Waals surface area (Å²) in [6, 6.07) is 5.51. The molecule has 2 aliphatic rings.